The first-order chi connectivity index (χ1) is 12.5. The molecule has 0 radical (unpaired) electrons. The van der Waals surface area contributed by atoms with Gasteiger partial charge in [0.1, 0.15) is 11.5 Å². The summed E-state index contributed by atoms with van der Waals surface area (Å²) < 4.78 is 15.9. The molecule has 144 valence electrons. The lowest BCUT2D eigenvalue weighted by Gasteiger charge is -2.30. The molecule has 1 aromatic rings. The van der Waals surface area contributed by atoms with Gasteiger partial charge in [0.05, 0.1) is 6.61 Å². The van der Waals surface area contributed by atoms with Gasteiger partial charge in [-0.3, -0.25) is 4.79 Å². The van der Waals surface area contributed by atoms with Gasteiger partial charge in [-0.2, -0.15) is 0 Å². The number of hydrogen-bond acceptors (Lipinski definition) is 5. The van der Waals surface area contributed by atoms with Crippen molar-refractivity contribution in [2.45, 2.75) is 58.6 Å². The average Bonchev–Trinajstić information content (AvgIpc) is 2.63. The van der Waals surface area contributed by atoms with Crippen molar-refractivity contribution in [3.63, 3.8) is 0 Å². The molecule has 1 aliphatic carbocycles. The maximum absolute atomic E-state index is 12.2. The zero-order valence-corrected chi connectivity index (χ0v) is 15.8. The molecule has 0 aromatic heterocycles. The number of benzene rings is 1. The van der Waals surface area contributed by atoms with Crippen LogP contribution in [0.1, 0.15) is 46.5 Å². The number of carbonyl (C=O) groups is 2. The SMILES string of the molecule is CCOc1ccc(OCC(=O)OC(C)C(=O)NC2CCCCC2C)cc1. The van der Waals surface area contributed by atoms with Crippen LogP contribution >= 0.6 is 0 Å². The van der Waals surface area contributed by atoms with Crippen molar-refractivity contribution >= 4 is 11.9 Å². The lowest BCUT2D eigenvalue weighted by Crippen LogP contribution is -2.46. The van der Waals surface area contributed by atoms with Crippen LogP contribution < -0.4 is 14.8 Å². The molecule has 1 fully saturated rings. The Kier molecular flexibility index (Phi) is 7.75. The van der Waals surface area contributed by atoms with Crippen molar-refractivity contribution in [1.82, 2.24) is 5.32 Å². The van der Waals surface area contributed by atoms with E-state index in [0.717, 1.165) is 25.0 Å². The number of rotatable bonds is 8. The average molecular weight is 363 g/mol. The Morgan fingerprint density at radius 3 is 2.35 bits per heavy atom. The van der Waals surface area contributed by atoms with Gasteiger partial charge in [-0.25, -0.2) is 4.79 Å². The highest BCUT2D eigenvalue weighted by Crippen LogP contribution is 2.23. The fraction of sp³-hybridized carbons (Fsp3) is 0.600. The van der Waals surface area contributed by atoms with Gasteiger partial charge in [0.15, 0.2) is 12.7 Å². The van der Waals surface area contributed by atoms with Gasteiger partial charge >= 0.3 is 5.97 Å². The van der Waals surface area contributed by atoms with Crippen molar-refractivity contribution < 1.29 is 23.8 Å². The molecule has 0 aliphatic heterocycles. The number of amides is 1. The maximum Gasteiger partial charge on any atom is 0.344 e. The molecule has 0 heterocycles. The monoisotopic (exact) mass is 363 g/mol. The molecule has 1 saturated carbocycles. The van der Waals surface area contributed by atoms with Crippen LogP contribution in [-0.4, -0.2) is 37.2 Å². The molecule has 6 heteroatoms. The van der Waals surface area contributed by atoms with Gasteiger partial charge in [0.25, 0.3) is 5.91 Å². The summed E-state index contributed by atoms with van der Waals surface area (Å²) in [4.78, 5) is 24.1. The summed E-state index contributed by atoms with van der Waals surface area (Å²) in [7, 11) is 0. The first-order valence-electron chi connectivity index (χ1n) is 9.35. The van der Waals surface area contributed by atoms with Crippen molar-refractivity contribution in [3.05, 3.63) is 24.3 Å². The van der Waals surface area contributed by atoms with E-state index < -0.39 is 12.1 Å². The second kappa shape index (κ2) is 10.0. The van der Waals surface area contributed by atoms with Crippen LogP contribution in [0, 0.1) is 5.92 Å². The summed E-state index contributed by atoms with van der Waals surface area (Å²) in [5.41, 5.74) is 0. The van der Waals surface area contributed by atoms with Crippen LogP contribution in [0.3, 0.4) is 0 Å². The molecular weight excluding hydrogens is 334 g/mol. The van der Waals surface area contributed by atoms with E-state index in [4.69, 9.17) is 14.2 Å². The number of esters is 1. The highest BCUT2D eigenvalue weighted by atomic mass is 16.6. The van der Waals surface area contributed by atoms with Crippen LogP contribution in [0.2, 0.25) is 0 Å². The highest BCUT2D eigenvalue weighted by molar-refractivity contribution is 5.83. The standard InChI is InChI=1S/C20H29NO5/c1-4-24-16-9-11-17(12-10-16)25-13-19(22)26-15(3)20(23)21-18-8-6-5-7-14(18)2/h9-12,14-15,18H,4-8,13H2,1-3H3,(H,21,23). The minimum absolute atomic E-state index is 0.164. The third-order valence-electron chi connectivity index (χ3n) is 4.61. The highest BCUT2D eigenvalue weighted by Gasteiger charge is 2.26. The molecule has 0 saturated heterocycles. The first-order valence-corrected chi connectivity index (χ1v) is 9.35. The Morgan fingerprint density at radius 1 is 1.12 bits per heavy atom. The fourth-order valence-electron chi connectivity index (χ4n) is 3.06. The van der Waals surface area contributed by atoms with E-state index in [-0.39, 0.29) is 18.6 Å². The Hall–Kier alpha value is -2.24. The smallest absolute Gasteiger partial charge is 0.344 e. The third-order valence-corrected chi connectivity index (χ3v) is 4.61. The predicted molar refractivity (Wildman–Crippen MR) is 98.2 cm³/mol. The van der Waals surface area contributed by atoms with E-state index in [9.17, 15) is 9.59 Å². The summed E-state index contributed by atoms with van der Waals surface area (Å²) in [6.07, 6.45) is 3.60. The zero-order valence-electron chi connectivity index (χ0n) is 15.8. The Bertz CT molecular complexity index is 586. The lowest BCUT2D eigenvalue weighted by atomic mass is 9.86. The lowest BCUT2D eigenvalue weighted by molar-refractivity contribution is -0.157. The van der Waals surface area contributed by atoms with E-state index in [1.807, 2.05) is 6.92 Å². The molecule has 2 rings (SSSR count). The molecule has 6 nitrogen and oxygen atoms in total. The summed E-state index contributed by atoms with van der Waals surface area (Å²) in [6, 6.07) is 7.15. The molecule has 1 aromatic carbocycles. The molecule has 1 aliphatic rings. The van der Waals surface area contributed by atoms with Gasteiger partial charge in [0.2, 0.25) is 0 Å². The summed E-state index contributed by atoms with van der Waals surface area (Å²) in [5.74, 6) is 0.915. The minimum atomic E-state index is -0.833. The van der Waals surface area contributed by atoms with Gasteiger partial charge in [-0.15, -0.1) is 0 Å². The molecule has 26 heavy (non-hydrogen) atoms. The first kappa shape index (κ1) is 20.1. The van der Waals surface area contributed by atoms with Crippen molar-refractivity contribution in [2.75, 3.05) is 13.2 Å². The number of ether oxygens (including phenoxy) is 3. The zero-order chi connectivity index (χ0) is 18.9. The number of carbonyl (C=O) groups excluding carboxylic acids is 2. The van der Waals surface area contributed by atoms with E-state index in [1.165, 1.54) is 6.42 Å². The largest absolute Gasteiger partial charge is 0.494 e. The molecular formula is C20H29NO5. The normalized spacial score (nSPS) is 20.7. The van der Waals surface area contributed by atoms with Crippen LogP contribution in [0.4, 0.5) is 0 Å². The van der Waals surface area contributed by atoms with Gasteiger partial charge in [-0.05, 0) is 56.9 Å². The molecule has 3 unspecified atom stereocenters. The minimum Gasteiger partial charge on any atom is -0.494 e. The fourth-order valence-corrected chi connectivity index (χ4v) is 3.06. The van der Waals surface area contributed by atoms with Gasteiger partial charge < -0.3 is 19.5 Å². The Morgan fingerprint density at radius 2 is 1.73 bits per heavy atom. The quantitative estimate of drug-likeness (QED) is 0.719. The topological polar surface area (TPSA) is 73.9 Å². The molecule has 1 N–H and O–H groups in total. The third kappa shape index (κ3) is 6.24. The molecule has 0 bridgehead atoms. The summed E-state index contributed by atoms with van der Waals surface area (Å²) >= 11 is 0. The van der Waals surface area contributed by atoms with Crippen LogP contribution in [0.15, 0.2) is 24.3 Å². The van der Waals surface area contributed by atoms with E-state index in [0.29, 0.717) is 18.3 Å². The van der Waals surface area contributed by atoms with Gasteiger partial charge in [0, 0.05) is 6.04 Å². The summed E-state index contributed by atoms with van der Waals surface area (Å²) in [5, 5.41) is 2.99. The van der Waals surface area contributed by atoms with E-state index in [1.54, 1.807) is 31.2 Å². The number of hydrogen-bond donors (Lipinski definition) is 1. The summed E-state index contributed by atoms with van der Waals surface area (Å²) in [6.45, 7) is 5.98. The number of nitrogens with one attached hydrogen (secondary N) is 1. The van der Waals surface area contributed by atoms with E-state index in [2.05, 4.69) is 12.2 Å². The second-order valence-corrected chi connectivity index (χ2v) is 6.70. The van der Waals surface area contributed by atoms with Crippen molar-refractivity contribution in [3.8, 4) is 11.5 Å². The van der Waals surface area contributed by atoms with Crippen LogP contribution in [0.25, 0.3) is 0 Å². The molecule has 3 atom stereocenters. The van der Waals surface area contributed by atoms with Gasteiger partial charge in [-0.1, -0.05) is 19.8 Å². The van der Waals surface area contributed by atoms with Crippen LogP contribution in [-0.2, 0) is 14.3 Å². The van der Waals surface area contributed by atoms with Crippen molar-refractivity contribution in [2.24, 2.45) is 5.92 Å². The second-order valence-electron chi connectivity index (χ2n) is 6.70. The predicted octanol–water partition coefficient (Wildman–Crippen LogP) is 3.09. The molecule has 1 amide bonds. The maximum atomic E-state index is 12.2. The molecule has 0 spiro atoms. The van der Waals surface area contributed by atoms with E-state index >= 15 is 0 Å². The van der Waals surface area contributed by atoms with Crippen LogP contribution in [0.5, 0.6) is 11.5 Å². The Labute approximate surface area is 155 Å². The Balaban J connectivity index is 1.73. The van der Waals surface area contributed by atoms with Crippen molar-refractivity contribution in [1.29, 1.82) is 0 Å².